The van der Waals surface area contributed by atoms with E-state index in [2.05, 4.69) is 15.6 Å². The van der Waals surface area contributed by atoms with Crippen molar-refractivity contribution >= 4 is 29.9 Å². The predicted molar refractivity (Wildman–Crippen MR) is 109 cm³/mol. The maximum atomic E-state index is 13.8. The Labute approximate surface area is 169 Å². The van der Waals surface area contributed by atoms with E-state index in [1.54, 1.807) is 20.0 Å². The first-order chi connectivity index (χ1) is 11.9. The highest BCUT2D eigenvalue weighted by molar-refractivity contribution is 14.0. The van der Waals surface area contributed by atoms with Gasteiger partial charge >= 0.3 is 0 Å². The van der Waals surface area contributed by atoms with Gasteiger partial charge in [-0.05, 0) is 49.2 Å². The summed E-state index contributed by atoms with van der Waals surface area (Å²) in [5.41, 5.74) is 2.13. The van der Waals surface area contributed by atoms with E-state index in [0.717, 1.165) is 5.56 Å². The summed E-state index contributed by atoms with van der Waals surface area (Å²) in [5, 5.41) is 15.0. The summed E-state index contributed by atoms with van der Waals surface area (Å²) in [6, 6.07) is 11.0. The normalized spacial score (nSPS) is 11.9. The van der Waals surface area contributed by atoms with Crippen LogP contribution in [-0.4, -0.2) is 13.0 Å². The monoisotopic (exact) mass is 470 g/mol. The summed E-state index contributed by atoms with van der Waals surface area (Å²) < 4.78 is 27.5. The maximum Gasteiger partial charge on any atom is 0.191 e. The smallest absolute Gasteiger partial charge is 0.191 e. The minimum Gasteiger partial charge on any atom is -0.352 e. The highest BCUT2D eigenvalue weighted by Gasteiger charge is 2.11. The molecule has 26 heavy (non-hydrogen) atoms. The van der Waals surface area contributed by atoms with E-state index in [1.807, 2.05) is 19.1 Å². The molecule has 4 nitrogen and oxygen atoms in total. The fourth-order valence-electron chi connectivity index (χ4n) is 2.32. The number of nitrogens with one attached hydrogen (secondary N) is 2. The van der Waals surface area contributed by atoms with Gasteiger partial charge in [-0.3, -0.25) is 4.99 Å². The number of halogens is 3. The minimum absolute atomic E-state index is 0. The second kappa shape index (κ2) is 10.1. The number of hydrogen-bond donors (Lipinski definition) is 2. The van der Waals surface area contributed by atoms with Crippen LogP contribution >= 0.6 is 24.0 Å². The van der Waals surface area contributed by atoms with Gasteiger partial charge in [0.2, 0.25) is 0 Å². The molecular weight excluding hydrogens is 449 g/mol. The van der Waals surface area contributed by atoms with Crippen LogP contribution in [0.2, 0.25) is 0 Å². The van der Waals surface area contributed by atoms with Crippen LogP contribution in [0.4, 0.5) is 8.78 Å². The Kier molecular flexibility index (Phi) is 8.45. The Morgan fingerprint density at radius 1 is 1.19 bits per heavy atom. The number of rotatable bonds is 4. The zero-order chi connectivity index (χ0) is 18.4. The molecule has 0 heterocycles. The largest absolute Gasteiger partial charge is 0.352 e. The van der Waals surface area contributed by atoms with Crippen molar-refractivity contribution in [3.05, 3.63) is 70.3 Å². The standard InChI is InChI=1S/C19H20F2N4.HI/c1-12-4-6-15(9-18(12)21)13(2)25-19(23-3)24-11-16-8-14(10-22)5-7-17(16)20;/h4-9,13H,11H2,1-3H3,(H2,23,24,25);1H. The average Bonchev–Trinajstić information content (AvgIpc) is 2.61. The number of guanidine groups is 1. The van der Waals surface area contributed by atoms with Gasteiger partial charge in [0.15, 0.2) is 5.96 Å². The second-order valence-corrected chi connectivity index (χ2v) is 5.72. The lowest BCUT2D eigenvalue weighted by atomic mass is 10.1. The molecule has 1 unspecified atom stereocenters. The minimum atomic E-state index is -0.393. The molecule has 2 rings (SSSR count). The molecule has 0 amide bonds. The Hall–Kier alpha value is -2.21. The Morgan fingerprint density at radius 3 is 2.54 bits per heavy atom. The molecule has 7 heteroatoms. The molecule has 0 bridgehead atoms. The number of nitrogens with zero attached hydrogens (tertiary/aromatic N) is 2. The van der Waals surface area contributed by atoms with Crippen LogP contribution in [0.1, 0.15) is 35.2 Å². The molecule has 1 atom stereocenters. The topological polar surface area (TPSA) is 60.2 Å². The second-order valence-electron chi connectivity index (χ2n) is 5.72. The van der Waals surface area contributed by atoms with E-state index < -0.39 is 5.82 Å². The molecule has 0 aliphatic rings. The van der Waals surface area contributed by atoms with Crippen molar-refractivity contribution in [2.24, 2.45) is 4.99 Å². The van der Waals surface area contributed by atoms with Gasteiger partial charge in [-0.15, -0.1) is 24.0 Å². The van der Waals surface area contributed by atoms with Gasteiger partial charge in [-0.2, -0.15) is 5.26 Å². The lowest BCUT2D eigenvalue weighted by Gasteiger charge is -2.19. The Morgan fingerprint density at radius 2 is 1.92 bits per heavy atom. The predicted octanol–water partition coefficient (Wildman–Crippen LogP) is 4.19. The molecule has 2 N–H and O–H groups in total. The summed E-state index contributed by atoms with van der Waals surface area (Å²) in [4.78, 5) is 4.09. The van der Waals surface area contributed by atoms with Crippen LogP contribution in [0.3, 0.4) is 0 Å². The van der Waals surface area contributed by atoms with Crippen LogP contribution < -0.4 is 10.6 Å². The van der Waals surface area contributed by atoms with Crippen molar-refractivity contribution in [3.63, 3.8) is 0 Å². The van der Waals surface area contributed by atoms with E-state index in [4.69, 9.17) is 5.26 Å². The van der Waals surface area contributed by atoms with Crippen LogP contribution in [0.15, 0.2) is 41.4 Å². The van der Waals surface area contributed by atoms with Crippen LogP contribution in [-0.2, 0) is 6.54 Å². The lowest BCUT2D eigenvalue weighted by molar-refractivity contribution is 0.599. The molecular formula is C19H21F2IN4. The maximum absolute atomic E-state index is 13.8. The molecule has 0 aliphatic heterocycles. The van der Waals surface area contributed by atoms with Gasteiger partial charge in [-0.1, -0.05) is 12.1 Å². The van der Waals surface area contributed by atoms with Crippen molar-refractivity contribution in [1.82, 2.24) is 10.6 Å². The van der Waals surface area contributed by atoms with Crippen molar-refractivity contribution in [1.29, 1.82) is 5.26 Å². The summed E-state index contributed by atoms with van der Waals surface area (Å²) in [6.45, 7) is 3.77. The van der Waals surface area contributed by atoms with Crippen LogP contribution in [0, 0.1) is 29.9 Å². The third kappa shape index (κ3) is 5.66. The highest BCUT2D eigenvalue weighted by Crippen LogP contribution is 2.16. The van der Waals surface area contributed by atoms with Crippen molar-refractivity contribution in [3.8, 4) is 6.07 Å². The summed E-state index contributed by atoms with van der Waals surface area (Å²) >= 11 is 0. The first kappa shape index (κ1) is 21.8. The third-order valence-corrected chi connectivity index (χ3v) is 3.89. The van der Waals surface area contributed by atoms with Gasteiger partial charge in [0, 0.05) is 19.2 Å². The summed E-state index contributed by atoms with van der Waals surface area (Å²) in [7, 11) is 1.60. The van der Waals surface area contributed by atoms with Gasteiger partial charge in [0.05, 0.1) is 17.7 Å². The lowest BCUT2D eigenvalue weighted by Crippen LogP contribution is -2.38. The highest BCUT2D eigenvalue weighted by atomic mass is 127. The molecule has 0 fully saturated rings. The third-order valence-electron chi connectivity index (χ3n) is 3.89. The fourth-order valence-corrected chi connectivity index (χ4v) is 2.32. The molecule has 0 saturated heterocycles. The molecule has 0 aromatic heterocycles. The molecule has 138 valence electrons. The number of hydrogen-bond acceptors (Lipinski definition) is 2. The van der Waals surface area contributed by atoms with Crippen molar-refractivity contribution in [2.75, 3.05) is 7.05 Å². The average molecular weight is 470 g/mol. The number of aliphatic imine (C=N–C) groups is 1. The van der Waals surface area contributed by atoms with Crippen LogP contribution in [0.5, 0.6) is 0 Å². The molecule has 0 aliphatic carbocycles. The molecule has 2 aromatic rings. The zero-order valence-corrected chi connectivity index (χ0v) is 17.1. The first-order valence-corrected chi connectivity index (χ1v) is 7.86. The molecule has 0 spiro atoms. The quantitative estimate of drug-likeness (QED) is 0.401. The fraction of sp³-hybridized carbons (Fsp3) is 0.263. The Bertz CT molecular complexity index is 831. The molecule has 0 saturated carbocycles. The van der Waals surface area contributed by atoms with Crippen molar-refractivity contribution in [2.45, 2.75) is 26.4 Å². The van der Waals surface area contributed by atoms with E-state index >= 15 is 0 Å². The van der Waals surface area contributed by atoms with Gasteiger partial charge in [-0.25, -0.2) is 8.78 Å². The van der Waals surface area contributed by atoms with Crippen molar-refractivity contribution < 1.29 is 8.78 Å². The SMILES string of the molecule is CN=C(NCc1cc(C#N)ccc1F)NC(C)c1ccc(C)c(F)c1.I. The van der Waals surface area contributed by atoms with E-state index in [9.17, 15) is 8.78 Å². The zero-order valence-electron chi connectivity index (χ0n) is 14.8. The number of nitriles is 1. The van der Waals surface area contributed by atoms with Gasteiger partial charge in [0.1, 0.15) is 11.6 Å². The number of aryl methyl sites for hydroxylation is 1. The van der Waals surface area contributed by atoms with E-state index in [0.29, 0.717) is 22.6 Å². The van der Waals surface area contributed by atoms with E-state index in [-0.39, 0.29) is 42.4 Å². The Balaban J connectivity index is 0.00000338. The van der Waals surface area contributed by atoms with E-state index in [1.165, 1.54) is 24.3 Å². The number of benzene rings is 2. The summed E-state index contributed by atoms with van der Waals surface area (Å²) in [6.07, 6.45) is 0. The van der Waals surface area contributed by atoms with Crippen LogP contribution in [0.25, 0.3) is 0 Å². The van der Waals surface area contributed by atoms with Gasteiger partial charge in [0.25, 0.3) is 0 Å². The first-order valence-electron chi connectivity index (χ1n) is 7.86. The molecule has 2 aromatic carbocycles. The van der Waals surface area contributed by atoms with Gasteiger partial charge < -0.3 is 10.6 Å². The molecule has 0 radical (unpaired) electrons. The summed E-state index contributed by atoms with van der Waals surface area (Å²) in [5.74, 6) is -0.199.